The molecule has 0 radical (unpaired) electrons. The highest BCUT2D eigenvalue weighted by molar-refractivity contribution is 5.44. The van der Waals surface area contributed by atoms with Crippen molar-refractivity contribution in [1.82, 2.24) is 0 Å². The second-order valence-electron chi connectivity index (χ2n) is 7.99. The van der Waals surface area contributed by atoms with E-state index in [2.05, 4.69) is 43.3 Å². The summed E-state index contributed by atoms with van der Waals surface area (Å²) in [7, 11) is 0. The molecule has 5 heteroatoms. The molecule has 2 aliphatic rings. The Morgan fingerprint density at radius 2 is 1.64 bits per heavy atom. The molecule has 4 N–H and O–H groups in total. The average Bonchev–Trinajstić information content (AvgIpc) is 3.08. The minimum Gasteiger partial charge on any atom is -0.394 e. The van der Waals surface area contributed by atoms with E-state index in [4.69, 9.17) is 4.74 Å². The summed E-state index contributed by atoms with van der Waals surface area (Å²) in [4.78, 5) is 0. The molecule has 5 atom stereocenters. The summed E-state index contributed by atoms with van der Waals surface area (Å²) >= 11 is 0. The standard InChI is InChI=1S/C23H28O5/c1-2-14-3-5-15(6-4-14)11-16-7-8-17-9-10-23(18(17)12-16)22(27)21(26)20(25)19(13-24)28-23/h3-8,12,19-22,24-27H,2,9-11,13H2,1H3/t19?,20-,21-,22?,23-/m1/s1. The second kappa shape index (κ2) is 7.58. The van der Waals surface area contributed by atoms with Crippen LogP contribution in [-0.2, 0) is 29.6 Å². The van der Waals surface area contributed by atoms with Crippen LogP contribution in [0.25, 0.3) is 0 Å². The molecule has 150 valence electrons. The molecule has 0 aromatic heterocycles. The SMILES string of the molecule is CCc1ccc(Cc2ccc3c(c2)[C@@]2(CC3)OC(CO)[C@@H](O)[C@@H](O)C2O)cc1. The molecule has 0 amide bonds. The van der Waals surface area contributed by atoms with Gasteiger partial charge in [0, 0.05) is 0 Å². The first-order valence-corrected chi connectivity index (χ1v) is 10.0. The average molecular weight is 384 g/mol. The molecule has 4 rings (SSSR count). The summed E-state index contributed by atoms with van der Waals surface area (Å²) in [6.45, 7) is 1.72. The van der Waals surface area contributed by atoms with Crippen molar-refractivity contribution >= 4 is 0 Å². The maximum atomic E-state index is 10.8. The number of aliphatic hydroxyl groups is 4. The zero-order valence-electron chi connectivity index (χ0n) is 16.1. The van der Waals surface area contributed by atoms with Gasteiger partial charge in [-0.1, -0.05) is 49.4 Å². The van der Waals surface area contributed by atoms with Gasteiger partial charge < -0.3 is 25.2 Å². The monoisotopic (exact) mass is 384 g/mol. The molecule has 2 unspecified atom stereocenters. The van der Waals surface area contributed by atoms with Crippen LogP contribution < -0.4 is 0 Å². The molecule has 1 spiro atoms. The Bertz CT molecular complexity index is 831. The maximum absolute atomic E-state index is 10.8. The predicted octanol–water partition coefficient (Wildman–Crippen LogP) is 1.46. The molecule has 1 fully saturated rings. The molecule has 5 nitrogen and oxygen atoms in total. The van der Waals surface area contributed by atoms with Crippen LogP contribution in [0.4, 0.5) is 0 Å². The number of hydrogen-bond acceptors (Lipinski definition) is 5. The van der Waals surface area contributed by atoms with Crippen molar-refractivity contribution in [3.05, 3.63) is 70.3 Å². The summed E-state index contributed by atoms with van der Waals surface area (Å²) in [5.41, 5.74) is 4.44. The van der Waals surface area contributed by atoms with E-state index in [1.807, 2.05) is 6.07 Å². The zero-order valence-corrected chi connectivity index (χ0v) is 16.1. The van der Waals surface area contributed by atoms with Gasteiger partial charge in [-0.15, -0.1) is 0 Å². The lowest BCUT2D eigenvalue weighted by atomic mass is 9.80. The van der Waals surface area contributed by atoms with E-state index in [9.17, 15) is 20.4 Å². The fourth-order valence-corrected chi connectivity index (χ4v) is 4.60. The van der Waals surface area contributed by atoms with E-state index in [1.54, 1.807) is 0 Å². The lowest BCUT2D eigenvalue weighted by molar-refractivity contribution is -0.278. The summed E-state index contributed by atoms with van der Waals surface area (Å²) in [5.74, 6) is 0. The van der Waals surface area contributed by atoms with Crippen molar-refractivity contribution in [2.45, 2.75) is 62.6 Å². The van der Waals surface area contributed by atoms with Crippen LogP contribution in [-0.4, -0.2) is 51.4 Å². The Morgan fingerprint density at radius 3 is 2.32 bits per heavy atom. The minimum absolute atomic E-state index is 0.411. The number of aliphatic hydroxyl groups excluding tert-OH is 4. The van der Waals surface area contributed by atoms with Crippen molar-refractivity contribution in [3.63, 3.8) is 0 Å². The van der Waals surface area contributed by atoms with Gasteiger partial charge in [-0.25, -0.2) is 0 Å². The number of rotatable bonds is 4. The summed E-state index contributed by atoms with van der Waals surface area (Å²) in [5, 5.41) is 40.8. The molecule has 1 aliphatic heterocycles. The molecule has 0 saturated carbocycles. The lowest BCUT2D eigenvalue weighted by Crippen LogP contribution is -2.62. The number of aryl methyl sites for hydroxylation is 2. The largest absolute Gasteiger partial charge is 0.394 e. The van der Waals surface area contributed by atoms with Gasteiger partial charge in [-0.3, -0.25) is 0 Å². The Labute approximate surface area is 165 Å². The van der Waals surface area contributed by atoms with E-state index in [0.717, 1.165) is 36.0 Å². The van der Waals surface area contributed by atoms with Crippen molar-refractivity contribution in [1.29, 1.82) is 0 Å². The summed E-state index contributed by atoms with van der Waals surface area (Å²) < 4.78 is 6.03. The molecule has 1 heterocycles. The highest BCUT2D eigenvalue weighted by Gasteiger charge is 2.56. The van der Waals surface area contributed by atoms with Gasteiger partial charge in [0.25, 0.3) is 0 Å². The normalized spacial score (nSPS) is 31.9. The molecule has 2 aromatic carbocycles. The molecule has 0 bridgehead atoms. The van der Waals surface area contributed by atoms with E-state index in [0.29, 0.717) is 6.42 Å². The van der Waals surface area contributed by atoms with Gasteiger partial charge >= 0.3 is 0 Å². The first kappa shape index (κ1) is 19.6. The quantitative estimate of drug-likeness (QED) is 0.641. The first-order chi connectivity index (χ1) is 13.5. The third kappa shape index (κ3) is 3.17. The van der Waals surface area contributed by atoms with Crippen LogP contribution in [0.1, 0.15) is 41.2 Å². The molecular weight excluding hydrogens is 356 g/mol. The van der Waals surface area contributed by atoms with Crippen LogP contribution in [0, 0.1) is 0 Å². The Balaban J connectivity index is 1.66. The fourth-order valence-electron chi connectivity index (χ4n) is 4.60. The third-order valence-corrected chi connectivity index (χ3v) is 6.31. The number of hydrogen-bond donors (Lipinski definition) is 4. The number of benzene rings is 2. The van der Waals surface area contributed by atoms with Crippen molar-refractivity contribution in [3.8, 4) is 0 Å². The van der Waals surface area contributed by atoms with E-state index in [1.165, 1.54) is 11.1 Å². The summed E-state index contributed by atoms with van der Waals surface area (Å²) in [6, 6.07) is 14.7. The van der Waals surface area contributed by atoms with Crippen LogP contribution in [0.2, 0.25) is 0 Å². The van der Waals surface area contributed by atoms with Crippen molar-refractivity contribution < 1.29 is 25.2 Å². The molecule has 28 heavy (non-hydrogen) atoms. The Morgan fingerprint density at radius 1 is 0.964 bits per heavy atom. The van der Waals surface area contributed by atoms with Crippen molar-refractivity contribution in [2.24, 2.45) is 0 Å². The Kier molecular flexibility index (Phi) is 5.29. The Hall–Kier alpha value is -1.76. The maximum Gasteiger partial charge on any atom is 0.123 e. The van der Waals surface area contributed by atoms with Gasteiger partial charge in [0.2, 0.25) is 0 Å². The van der Waals surface area contributed by atoms with E-state index < -0.39 is 36.6 Å². The first-order valence-electron chi connectivity index (χ1n) is 10.0. The highest BCUT2D eigenvalue weighted by atomic mass is 16.6. The van der Waals surface area contributed by atoms with Gasteiger partial charge in [0.05, 0.1) is 6.61 Å². The second-order valence-corrected chi connectivity index (χ2v) is 7.99. The van der Waals surface area contributed by atoms with Crippen LogP contribution in [0.15, 0.2) is 42.5 Å². The lowest BCUT2D eigenvalue weighted by Gasteiger charge is -2.47. The van der Waals surface area contributed by atoms with Crippen molar-refractivity contribution in [2.75, 3.05) is 6.61 Å². The fraction of sp³-hybridized carbons (Fsp3) is 0.478. The predicted molar refractivity (Wildman–Crippen MR) is 105 cm³/mol. The molecule has 1 aliphatic carbocycles. The summed E-state index contributed by atoms with van der Waals surface area (Å²) in [6.07, 6.45) is -1.83. The van der Waals surface area contributed by atoms with Crippen LogP contribution >= 0.6 is 0 Å². The number of ether oxygens (including phenoxy) is 1. The van der Waals surface area contributed by atoms with E-state index >= 15 is 0 Å². The van der Waals surface area contributed by atoms with Gasteiger partial charge in [-0.05, 0) is 53.5 Å². The van der Waals surface area contributed by atoms with E-state index in [-0.39, 0.29) is 0 Å². The van der Waals surface area contributed by atoms with Crippen LogP contribution in [0.3, 0.4) is 0 Å². The molecule has 1 saturated heterocycles. The van der Waals surface area contributed by atoms with Gasteiger partial charge in [-0.2, -0.15) is 0 Å². The minimum atomic E-state index is -1.36. The molecular formula is C23H28O5. The third-order valence-electron chi connectivity index (χ3n) is 6.31. The van der Waals surface area contributed by atoms with Gasteiger partial charge in [0.1, 0.15) is 30.0 Å². The van der Waals surface area contributed by atoms with Crippen LogP contribution in [0.5, 0.6) is 0 Å². The zero-order chi connectivity index (χ0) is 19.9. The smallest absolute Gasteiger partial charge is 0.123 e. The number of fused-ring (bicyclic) bond motifs is 2. The molecule has 2 aromatic rings. The highest BCUT2D eigenvalue weighted by Crippen LogP contribution is 2.48. The van der Waals surface area contributed by atoms with Gasteiger partial charge in [0.15, 0.2) is 0 Å². The topological polar surface area (TPSA) is 90.2 Å².